The van der Waals surface area contributed by atoms with Crippen LogP contribution in [0, 0.1) is 0 Å². The molecule has 0 aromatic heterocycles. The minimum Gasteiger partial charge on any atom is -0.507 e. The maximum absolute atomic E-state index is 12.6. The van der Waals surface area contributed by atoms with Crippen LogP contribution < -0.4 is 10.1 Å². The average Bonchev–Trinajstić information content (AvgIpc) is 2.75. The number of hydrogen-bond acceptors (Lipinski definition) is 7. The Kier molecular flexibility index (Phi) is 9.67. The van der Waals surface area contributed by atoms with Crippen molar-refractivity contribution in [1.29, 1.82) is 0 Å². The molecule has 2 aromatic carbocycles. The topological polar surface area (TPSA) is 111 Å². The number of rotatable bonds is 9. The highest BCUT2D eigenvalue weighted by atomic mass is 16.6. The lowest BCUT2D eigenvalue weighted by Gasteiger charge is -2.25. The van der Waals surface area contributed by atoms with Crippen LogP contribution in [0.3, 0.4) is 0 Å². The normalized spacial score (nSPS) is 12.6. The van der Waals surface area contributed by atoms with Crippen LogP contribution in [-0.2, 0) is 30.5 Å². The first kappa shape index (κ1) is 28.4. The standard InChI is InChI=1S/C28H35NO7/c1-27(2,3)35-25(32)17-22(26(33)36-28(4,5)6)29-24(31)15-13-20-12-14-21(16-23(20)30)34-18-19-10-8-7-9-11-19/h7-16,22,30H,17-18H2,1-6H3,(H,29,31)/b15-13+/t22-/m0/s1. The molecule has 2 N–H and O–H groups in total. The number of phenolic OH excluding ortho intramolecular Hbond substituents is 1. The zero-order valence-electron chi connectivity index (χ0n) is 21.7. The third kappa shape index (κ3) is 10.6. The molecule has 0 bridgehead atoms. The molecule has 0 spiro atoms. The Hall–Kier alpha value is -3.81. The van der Waals surface area contributed by atoms with Gasteiger partial charge in [-0.3, -0.25) is 9.59 Å². The van der Waals surface area contributed by atoms with E-state index in [2.05, 4.69) is 5.32 Å². The molecule has 0 aliphatic carbocycles. The lowest BCUT2D eigenvalue weighted by Crippen LogP contribution is -2.45. The SMILES string of the molecule is CC(C)(C)OC(=O)C[C@H](NC(=O)/C=C/c1ccc(OCc2ccccc2)cc1O)C(=O)OC(C)(C)C. The van der Waals surface area contributed by atoms with Crippen LogP contribution in [0.15, 0.2) is 54.6 Å². The molecular weight excluding hydrogens is 462 g/mol. The Bertz CT molecular complexity index is 1080. The van der Waals surface area contributed by atoms with Gasteiger partial charge >= 0.3 is 11.9 Å². The summed E-state index contributed by atoms with van der Waals surface area (Å²) in [5.41, 5.74) is -0.185. The number of nitrogens with one attached hydrogen (secondary N) is 1. The summed E-state index contributed by atoms with van der Waals surface area (Å²) < 4.78 is 16.3. The van der Waals surface area contributed by atoms with Crippen molar-refractivity contribution in [3.05, 3.63) is 65.7 Å². The molecular formula is C28H35NO7. The van der Waals surface area contributed by atoms with Crippen molar-refractivity contribution in [3.63, 3.8) is 0 Å². The second-order valence-corrected chi connectivity index (χ2v) is 10.2. The van der Waals surface area contributed by atoms with E-state index in [-0.39, 0.29) is 12.2 Å². The fraction of sp³-hybridized carbons (Fsp3) is 0.393. The molecule has 8 nitrogen and oxygen atoms in total. The zero-order valence-corrected chi connectivity index (χ0v) is 21.7. The Labute approximate surface area is 212 Å². The van der Waals surface area contributed by atoms with Crippen molar-refractivity contribution in [1.82, 2.24) is 5.32 Å². The molecule has 36 heavy (non-hydrogen) atoms. The van der Waals surface area contributed by atoms with Crippen LogP contribution >= 0.6 is 0 Å². The van der Waals surface area contributed by atoms with Crippen molar-refractivity contribution in [3.8, 4) is 11.5 Å². The van der Waals surface area contributed by atoms with Crippen LogP contribution in [0.4, 0.5) is 0 Å². The average molecular weight is 498 g/mol. The summed E-state index contributed by atoms with van der Waals surface area (Å²) in [6.45, 7) is 10.5. The first-order chi connectivity index (χ1) is 16.7. The molecule has 1 atom stereocenters. The predicted octanol–water partition coefficient (Wildman–Crippen LogP) is 4.54. The van der Waals surface area contributed by atoms with Crippen molar-refractivity contribution in [2.45, 2.75) is 71.8 Å². The largest absolute Gasteiger partial charge is 0.507 e. The third-order valence-electron chi connectivity index (χ3n) is 4.46. The molecule has 0 aliphatic heterocycles. The number of aromatic hydroxyl groups is 1. The van der Waals surface area contributed by atoms with Crippen LogP contribution in [0.25, 0.3) is 6.08 Å². The minimum atomic E-state index is -1.24. The highest BCUT2D eigenvalue weighted by molar-refractivity contribution is 5.96. The zero-order chi connectivity index (χ0) is 26.9. The Morgan fingerprint density at radius 2 is 1.58 bits per heavy atom. The second-order valence-electron chi connectivity index (χ2n) is 10.2. The molecule has 0 heterocycles. The molecule has 0 fully saturated rings. The Morgan fingerprint density at radius 1 is 0.944 bits per heavy atom. The van der Waals surface area contributed by atoms with Gasteiger partial charge in [-0.2, -0.15) is 0 Å². The van der Waals surface area contributed by atoms with E-state index >= 15 is 0 Å². The van der Waals surface area contributed by atoms with Gasteiger partial charge in [0, 0.05) is 17.7 Å². The molecule has 0 unspecified atom stereocenters. The van der Waals surface area contributed by atoms with Gasteiger partial charge in [-0.15, -0.1) is 0 Å². The van der Waals surface area contributed by atoms with Crippen molar-refractivity contribution < 1.29 is 33.7 Å². The number of carbonyl (C=O) groups is 3. The smallest absolute Gasteiger partial charge is 0.329 e. The number of amides is 1. The summed E-state index contributed by atoms with van der Waals surface area (Å²) in [7, 11) is 0. The number of carbonyl (C=O) groups excluding carboxylic acids is 3. The van der Waals surface area contributed by atoms with Gasteiger partial charge in [0.2, 0.25) is 5.91 Å². The van der Waals surface area contributed by atoms with Gasteiger partial charge in [0.1, 0.15) is 35.3 Å². The number of esters is 2. The van der Waals surface area contributed by atoms with E-state index in [9.17, 15) is 19.5 Å². The lowest BCUT2D eigenvalue weighted by atomic mass is 10.1. The fourth-order valence-electron chi connectivity index (χ4n) is 3.00. The summed E-state index contributed by atoms with van der Waals surface area (Å²) in [5.74, 6) is -1.65. The summed E-state index contributed by atoms with van der Waals surface area (Å²) in [4.78, 5) is 37.4. The first-order valence-corrected chi connectivity index (χ1v) is 11.6. The van der Waals surface area contributed by atoms with Gasteiger partial charge in [-0.05, 0) is 65.3 Å². The highest BCUT2D eigenvalue weighted by Gasteiger charge is 2.30. The Balaban J connectivity index is 2.04. The van der Waals surface area contributed by atoms with Crippen LogP contribution in [-0.4, -0.2) is 40.2 Å². The first-order valence-electron chi connectivity index (χ1n) is 11.6. The highest BCUT2D eigenvalue weighted by Crippen LogP contribution is 2.25. The molecule has 2 aromatic rings. The number of ether oxygens (including phenoxy) is 3. The van der Waals surface area contributed by atoms with Crippen LogP contribution in [0.5, 0.6) is 11.5 Å². The second kappa shape index (κ2) is 12.2. The Morgan fingerprint density at radius 3 is 2.17 bits per heavy atom. The summed E-state index contributed by atoms with van der Waals surface area (Å²) in [6.07, 6.45) is 2.17. The quantitative estimate of drug-likeness (QED) is 0.386. The van der Waals surface area contributed by atoms with Crippen LogP contribution in [0.1, 0.15) is 59.1 Å². The lowest BCUT2D eigenvalue weighted by molar-refractivity contribution is -0.165. The van der Waals surface area contributed by atoms with Crippen molar-refractivity contribution in [2.24, 2.45) is 0 Å². The van der Waals surface area contributed by atoms with Gasteiger partial charge in [-0.25, -0.2) is 4.79 Å². The molecule has 0 saturated carbocycles. The van der Waals surface area contributed by atoms with E-state index in [1.54, 1.807) is 53.7 Å². The van der Waals surface area contributed by atoms with Gasteiger partial charge in [-0.1, -0.05) is 30.3 Å². The van der Waals surface area contributed by atoms with E-state index in [1.165, 1.54) is 12.1 Å². The molecule has 0 aliphatic rings. The number of benzene rings is 2. The number of hydrogen-bond donors (Lipinski definition) is 2. The van der Waals surface area contributed by atoms with E-state index in [0.29, 0.717) is 17.9 Å². The maximum Gasteiger partial charge on any atom is 0.329 e. The molecule has 0 radical (unpaired) electrons. The molecule has 1 amide bonds. The van der Waals surface area contributed by atoms with Gasteiger partial charge < -0.3 is 24.6 Å². The van der Waals surface area contributed by atoms with Crippen LogP contribution in [0.2, 0.25) is 0 Å². The fourth-order valence-corrected chi connectivity index (χ4v) is 3.00. The van der Waals surface area contributed by atoms with Gasteiger partial charge in [0.25, 0.3) is 0 Å². The molecule has 194 valence electrons. The summed E-state index contributed by atoms with van der Waals surface area (Å²) >= 11 is 0. The molecule has 2 rings (SSSR count). The van der Waals surface area contributed by atoms with Gasteiger partial charge in [0.05, 0.1) is 6.42 Å². The van der Waals surface area contributed by atoms with Gasteiger partial charge in [0.15, 0.2) is 0 Å². The predicted molar refractivity (Wildman–Crippen MR) is 136 cm³/mol. The third-order valence-corrected chi connectivity index (χ3v) is 4.46. The molecule has 0 saturated heterocycles. The summed E-state index contributed by atoms with van der Waals surface area (Å²) in [5, 5.41) is 12.8. The van der Waals surface area contributed by atoms with E-state index in [0.717, 1.165) is 11.6 Å². The summed E-state index contributed by atoms with van der Waals surface area (Å²) in [6, 6.07) is 13.1. The monoisotopic (exact) mass is 497 g/mol. The van der Waals surface area contributed by atoms with Crippen molar-refractivity contribution >= 4 is 23.9 Å². The van der Waals surface area contributed by atoms with Crippen molar-refractivity contribution in [2.75, 3.05) is 0 Å². The van der Waals surface area contributed by atoms with E-state index < -0.39 is 35.1 Å². The maximum atomic E-state index is 12.6. The van der Waals surface area contributed by atoms with E-state index in [4.69, 9.17) is 14.2 Å². The molecule has 8 heteroatoms. The minimum absolute atomic E-state index is 0.0814. The van der Waals surface area contributed by atoms with E-state index in [1.807, 2.05) is 30.3 Å². The number of phenols is 1.